The number of carbonyl (C=O) groups excluding carboxylic acids is 2. The van der Waals surface area contributed by atoms with Gasteiger partial charge in [-0.2, -0.15) is 0 Å². The molecule has 0 saturated carbocycles. The van der Waals surface area contributed by atoms with E-state index < -0.39 is 11.8 Å². The number of hydrogen-bond acceptors (Lipinski definition) is 3. The van der Waals surface area contributed by atoms with E-state index in [1.165, 1.54) is 42.0 Å². The third kappa shape index (κ3) is 6.93. The standard InChI is InChI=1S/C21H23FN2O3/c1-3-15(2)17-7-11-19(12-8-17)27-14-21(26)24-23-20(25)13-6-16-4-9-18(22)10-5-16/h4-13,15H,3,14H2,1-2H3,(H,23,25)(H,24,26). The molecular weight excluding hydrogens is 347 g/mol. The average Bonchev–Trinajstić information content (AvgIpc) is 2.70. The lowest BCUT2D eigenvalue weighted by molar-refractivity contribution is -0.128. The molecule has 0 heterocycles. The van der Waals surface area contributed by atoms with Gasteiger partial charge in [0.15, 0.2) is 6.61 Å². The lowest BCUT2D eigenvalue weighted by Gasteiger charge is -2.11. The van der Waals surface area contributed by atoms with Crippen molar-refractivity contribution in [1.82, 2.24) is 10.9 Å². The van der Waals surface area contributed by atoms with Gasteiger partial charge in [-0.1, -0.05) is 38.1 Å². The van der Waals surface area contributed by atoms with Crippen LogP contribution >= 0.6 is 0 Å². The lowest BCUT2D eigenvalue weighted by atomic mass is 9.99. The van der Waals surface area contributed by atoms with Crippen LogP contribution in [0.5, 0.6) is 5.75 Å². The number of halogens is 1. The van der Waals surface area contributed by atoms with Gasteiger partial charge in [0.2, 0.25) is 0 Å². The summed E-state index contributed by atoms with van der Waals surface area (Å²) in [4.78, 5) is 23.4. The number of hydrogen-bond donors (Lipinski definition) is 2. The molecule has 5 nitrogen and oxygen atoms in total. The Morgan fingerprint density at radius 2 is 1.74 bits per heavy atom. The zero-order valence-electron chi connectivity index (χ0n) is 15.4. The van der Waals surface area contributed by atoms with Gasteiger partial charge < -0.3 is 4.74 Å². The summed E-state index contributed by atoms with van der Waals surface area (Å²) >= 11 is 0. The van der Waals surface area contributed by atoms with Crippen LogP contribution in [0.15, 0.2) is 54.6 Å². The van der Waals surface area contributed by atoms with Crippen molar-refractivity contribution in [2.45, 2.75) is 26.2 Å². The Balaban J connectivity index is 1.72. The highest BCUT2D eigenvalue weighted by atomic mass is 19.1. The lowest BCUT2D eigenvalue weighted by Crippen LogP contribution is -2.43. The minimum atomic E-state index is -0.509. The molecule has 0 aromatic heterocycles. The Hall–Kier alpha value is -3.15. The van der Waals surface area contributed by atoms with Crippen molar-refractivity contribution in [3.8, 4) is 5.75 Å². The zero-order chi connectivity index (χ0) is 19.6. The molecule has 0 fully saturated rings. The van der Waals surface area contributed by atoms with Gasteiger partial charge in [0, 0.05) is 6.08 Å². The topological polar surface area (TPSA) is 67.4 Å². The molecule has 2 aromatic rings. The average molecular weight is 370 g/mol. The van der Waals surface area contributed by atoms with Gasteiger partial charge in [-0.05, 0) is 53.8 Å². The van der Waals surface area contributed by atoms with Crippen molar-refractivity contribution in [2.75, 3.05) is 6.61 Å². The van der Waals surface area contributed by atoms with Crippen molar-refractivity contribution in [3.63, 3.8) is 0 Å². The van der Waals surface area contributed by atoms with Crippen LogP contribution in [0, 0.1) is 5.82 Å². The monoisotopic (exact) mass is 370 g/mol. The fourth-order valence-corrected chi connectivity index (χ4v) is 2.23. The molecular formula is C21H23FN2O3. The van der Waals surface area contributed by atoms with E-state index in [2.05, 4.69) is 24.7 Å². The Kier molecular flexibility index (Phi) is 7.55. The summed E-state index contributed by atoms with van der Waals surface area (Å²) in [5.74, 6) is -0.284. The van der Waals surface area contributed by atoms with E-state index in [1.54, 1.807) is 0 Å². The molecule has 0 aliphatic rings. The fourth-order valence-electron chi connectivity index (χ4n) is 2.23. The highest BCUT2D eigenvalue weighted by Gasteiger charge is 2.06. The zero-order valence-corrected chi connectivity index (χ0v) is 15.4. The molecule has 0 radical (unpaired) electrons. The maximum atomic E-state index is 12.8. The molecule has 0 bridgehead atoms. The first-order valence-electron chi connectivity index (χ1n) is 8.73. The Bertz CT molecular complexity index is 786. The molecule has 0 spiro atoms. The normalized spacial score (nSPS) is 11.8. The van der Waals surface area contributed by atoms with Crippen LogP contribution in [-0.4, -0.2) is 18.4 Å². The second kappa shape index (κ2) is 10.1. The van der Waals surface area contributed by atoms with Crippen LogP contribution in [0.25, 0.3) is 6.08 Å². The number of rotatable bonds is 7. The van der Waals surface area contributed by atoms with Gasteiger partial charge in [0.1, 0.15) is 11.6 Å². The summed E-state index contributed by atoms with van der Waals surface area (Å²) in [6.45, 7) is 4.06. The highest BCUT2D eigenvalue weighted by molar-refractivity contribution is 5.93. The summed E-state index contributed by atoms with van der Waals surface area (Å²) in [5.41, 5.74) is 6.40. The summed E-state index contributed by atoms with van der Waals surface area (Å²) in [7, 11) is 0. The second-order valence-corrected chi connectivity index (χ2v) is 6.09. The Morgan fingerprint density at radius 3 is 2.37 bits per heavy atom. The van der Waals surface area contributed by atoms with E-state index in [9.17, 15) is 14.0 Å². The minimum absolute atomic E-state index is 0.218. The molecule has 27 heavy (non-hydrogen) atoms. The van der Waals surface area contributed by atoms with Crippen molar-refractivity contribution in [1.29, 1.82) is 0 Å². The highest BCUT2D eigenvalue weighted by Crippen LogP contribution is 2.21. The predicted molar refractivity (Wildman–Crippen MR) is 102 cm³/mol. The van der Waals surface area contributed by atoms with Crippen LogP contribution in [0.1, 0.15) is 37.3 Å². The van der Waals surface area contributed by atoms with Crippen LogP contribution in [0.2, 0.25) is 0 Å². The van der Waals surface area contributed by atoms with Gasteiger partial charge in [0.05, 0.1) is 0 Å². The van der Waals surface area contributed by atoms with Crippen LogP contribution < -0.4 is 15.6 Å². The number of hydrazine groups is 1. The SMILES string of the molecule is CCC(C)c1ccc(OCC(=O)NNC(=O)C=Cc2ccc(F)cc2)cc1. The summed E-state index contributed by atoms with van der Waals surface area (Å²) in [6.07, 6.45) is 3.80. The van der Waals surface area contributed by atoms with Crippen molar-refractivity contribution >= 4 is 17.9 Å². The largest absolute Gasteiger partial charge is 0.484 e. The molecule has 2 aromatic carbocycles. The van der Waals surface area contributed by atoms with E-state index in [0.29, 0.717) is 17.2 Å². The van der Waals surface area contributed by atoms with E-state index >= 15 is 0 Å². The second-order valence-electron chi connectivity index (χ2n) is 6.09. The molecule has 6 heteroatoms. The van der Waals surface area contributed by atoms with Gasteiger partial charge >= 0.3 is 0 Å². The van der Waals surface area contributed by atoms with Crippen molar-refractivity contribution in [2.24, 2.45) is 0 Å². The third-order valence-corrected chi connectivity index (χ3v) is 4.05. The van der Waals surface area contributed by atoms with Gasteiger partial charge in [-0.25, -0.2) is 4.39 Å². The molecule has 2 N–H and O–H groups in total. The van der Waals surface area contributed by atoms with E-state index in [4.69, 9.17) is 4.74 Å². The molecule has 1 unspecified atom stereocenters. The molecule has 142 valence electrons. The molecule has 0 aliphatic carbocycles. The molecule has 2 amide bonds. The first kappa shape index (κ1) is 20.2. The van der Waals surface area contributed by atoms with Crippen LogP contribution in [0.4, 0.5) is 4.39 Å². The Labute approximate surface area is 158 Å². The summed E-state index contributed by atoms with van der Waals surface area (Å²) < 4.78 is 18.2. The number of benzene rings is 2. The van der Waals surface area contributed by atoms with Crippen molar-refractivity contribution < 1.29 is 18.7 Å². The van der Waals surface area contributed by atoms with Gasteiger partial charge in [0.25, 0.3) is 11.8 Å². The summed E-state index contributed by atoms with van der Waals surface area (Å²) in [5, 5.41) is 0. The number of amides is 2. The molecule has 0 saturated heterocycles. The van der Waals surface area contributed by atoms with E-state index in [0.717, 1.165) is 6.42 Å². The van der Waals surface area contributed by atoms with Crippen LogP contribution in [-0.2, 0) is 9.59 Å². The van der Waals surface area contributed by atoms with E-state index in [-0.39, 0.29) is 12.4 Å². The molecule has 0 aliphatic heterocycles. The van der Waals surface area contributed by atoms with Gasteiger partial charge in [-0.3, -0.25) is 20.4 Å². The number of ether oxygens (including phenoxy) is 1. The predicted octanol–water partition coefficient (Wildman–Crippen LogP) is 3.58. The quantitative estimate of drug-likeness (QED) is 0.578. The maximum absolute atomic E-state index is 12.8. The summed E-state index contributed by atoms with van der Waals surface area (Å²) in [6, 6.07) is 13.3. The molecule has 2 rings (SSSR count). The minimum Gasteiger partial charge on any atom is -0.484 e. The maximum Gasteiger partial charge on any atom is 0.276 e. The fraction of sp³-hybridized carbons (Fsp3) is 0.238. The van der Waals surface area contributed by atoms with Crippen molar-refractivity contribution in [3.05, 3.63) is 71.6 Å². The third-order valence-electron chi connectivity index (χ3n) is 4.05. The Morgan fingerprint density at radius 1 is 1.07 bits per heavy atom. The molecule has 1 atom stereocenters. The smallest absolute Gasteiger partial charge is 0.276 e. The first-order valence-corrected chi connectivity index (χ1v) is 8.73. The van der Waals surface area contributed by atoms with E-state index in [1.807, 2.05) is 24.3 Å². The first-order chi connectivity index (χ1) is 13.0. The van der Waals surface area contributed by atoms with Crippen LogP contribution in [0.3, 0.4) is 0 Å². The van der Waals surface area contributed by atoms with Gasteiger partial charge in [-0.15, -0.1) is 0 Å². The number of nitrogens with one attached hydrogen (secondary N) is 2. The number of carbonyl (C=O) groups is 2.